The summed E-state index contributed by atoms with van der Waals surface area (Å²) in [6.45, 7) is 4.91. The molecule has 0 radical (unpaired) electrons. The number of piperazine rings is 1. The van der Waals surface area contributed by atoms with Gasteiger partial charge in [-0.15, -0.1) is 0 Å². The lowest BCUT2D eigenvalue weighted by Crippen LogP contribution is -2.49. The van der Waals surface area contributed by atoms with Crippen LogP contribution in [-0.2, 0) is 12.7 Å². The molecule has 1 aromatic carbocycles. The maximum absolute atomic E-state index is 14.5. The van der Waals surface area contributed by atoms with Crippen LogP contribution in [0.4, 0.5) is 28.9 Å². The molecule has 0 aliphatic carbocycles. The molecule has 0 spiro atoms. The Bertz CT molecular complexity index is 1510. The molecular weight excluding hydrogens is 488 g/mol. The number of hydrogen-bond donors (Lipinski definition) is 0. The Morgan fingerprint density at radius 1 is 0.973 bits per heavy atom. The SMILES string of the molecule is Cc1cnc2cc(N3CCN(c4c(C)cccc4F)CC3)c(=O)n(Cc3ncccc3C(F)(F)F)c2n1. The minimum atomic E-state index is -4.62. The number of aromatic nitrogens is 4. The maximum Gasteiger partial charge on any atom is 0.418 e. The van der Waals surface area contributed by atoms with E-state index >= 15 is 0 Å². The Balaban J connectivity index is 1.53. The predicted molar refractivity (Wildman–Crippen MR) is 132 cm³/mol. The van der Waals surface area contributed by atoms with Crippen LogP contribution in [0.1, 0.15) is 22.5 Å². The zero-order chi connectivity index (χ0) is 26.3. The highest BCUT2D eigenvalue weighted by Crippen LogP contribution is 2.32. The minimum absolute atomic E-state index is 0.188. The molecule has 11 heteroatoms. The van der Waals surface area contributed by atoms with Crippen molar-refractivity contribution in [2.24, 2.45) is 0 Å². The molecule has 0 bridgehead atoms. The summed E-state index contributed by atoms with van der Waals surface area (Å²) >= 11 is 0. The maximum atomic E-state index is 14.5. The van der Waals surface area contributed by atoms with Crippen LogP contribution in [0.15, 0.2) is 53.6 Å². The van der Waals surface area contributed by atoms with Crippen LogP contribution in [0.2, 0.25) is 0 Å². The van der Waals surface area contributed by atoms with Gasteiger partial charge in [-0.3, -0.25) is 19.3 Å². The number of nitrogens with zero attached hydrogens (tertiary/aromatic N) is 6. The monoisotopic (exact) mass is 512 g/mol. The van der Waals surface area contributed by atoms with Crippen molar-refractivity contribution in [2.75, 3.05) is 36.0 Å². The van der Waals surface area contributed by atoms with Crippen LogP contribution in [0.5, 0.6) is 0 Å². The molecule has 4 heterocycles. The molecule has 1 aliphatic rings. The van der Waals surface area contributed by atoms with Crippen molar-refractivity contribution in [3.05, 3.63) is 87.5 Å². The normalized spacial score (nSPS) is 14.4. The number of halogens is 4. The van der Waals surface area contributed by atoms with E-state index < -0.39 is 23.8 Å². The van der Waals surface area contributed by atoms with Gasteiger partial charge in [0.15, 0.2) is 5.65 Å². The number of aryl methyl sites for hydroxylation is 2. The van der Waals surface area contributed by atoms with Gasteiger partial charge in [0.05, 0.1) is 29.2 Å². The average Bonchev–Trinajstić information content (AvgIpc) is 2.86. The van der Waals surface area contributed by atoms with Gasteiger partial charge in [-0.1, -0.05) is 12.1 Å². The molecular formula is C26H24F4N6O. The van der Waals surface area contributed by atoms with Gasteiger partial charge in [-0.25, -0.2) is 9.37 Å². The van der Waals surface area contributed by atoms with Gasteiger partial charge in [0.1, 0.15) is 17.0 Å². The fourth-order valence-corrected chi connectivity index (χ4v) is 4.74. The lowest BCUT2D eigenvalue weighted by atomic mass is 10.1. The Morgan fingerprint density at radius 2 is 1.70 bits per heavy atom. The summed E-state index contributed by atoms with van der Waals surface area (Å²) in [5, 5.41) is 0. The molecule has 4 aromatic rings. The van der Waals surface area contributed by atoms with Crippen molar-refractivity contribution in [3.63, 3.8) is 0 Å². The van der Waals surface area contributed by atoms with E-state index in [-0.39, 0.29) is 17.2 Å². The van der Waals surface area contributed by atoms with Crippen LogP contribution in [0.25, 0.3) is 11.2 Å². The number of pyridine rings is 2. The number of rotatable bonds is 4. The topological polar surface area (TPSA) is 67.2 Å². The summed E-state index contributed by atoms with van der Waals surface area (Å²) in [5.41, 5.74) is 1.09. The molecule has 1 fully saturated rings. The minimum Gasteiger partial charge on any atom is -0.365 e. The smallest absolute Gasteiger partial charge is 0.365 e. The van der Waals surface area contributed by atoms with E-state index in [2.05, 4.69) is 15.0 Å². The molecule has 0 N–H and O–H groups in total. The molecule has 1 aliphatic heterocycles. The van der Waals surface area contributed by atoms with Crippen LogP contribution in [0, 0.1) is 19.7 Å². The molecule has 37 heavy (non-hydrogen) atoms. The van der Waals surface area contributed by atoms with E-state index in [0.29, 0.717) is 48.8 Å². The van der Waals surface area contributed by atoms with E-state index in [0.717, 1.165) is 11.6 Å². The number of hydrogen-bond acceptors (Lipinski definition) is 6. The van der Waals surface area contributed by atoms with Gasteiger partial charge in [-0.2, -0.15) is 13.2 Å². The first-order chi connectivity index (χ1) is 17.6. The largest absolute Gasteiger partial charge is 0.418 e. The second-order valence-corrected chi connectivity index (χ2v) is 9.02. The first kappa shape index (κ1) is 24.7. The molecule has 192 valence electrons. The number of fused-ring (bicyclic) bond motifs is 1. The summed E-state index contributed by atoms with van der Waals surface area (Å²) in [5.74, 6) is -0.303. The zero-order valence-corrected chi connectivity index (χ0v) is 20.3. The van der Waals surface area contributed by atoms with Crippen LogP contribution < -0.4 is 15.4 Å². The van der Waals surface area contributed by atoms with Gasteiger partial charge in [0, 0.05) is 38.6 Å². The molecule has 3 aromatic heterocycles. The molecule has 7 nitrogen and oxygen atoms in total. The first-order valence-corrected chi connectivity index (χ1v) is 11.8. The summed E-state index contributed by atoms with van der Waals surface area (Å²) in [4.78, 5) is 30.2. The average molecular weight is 513 g/mol. The Labute approximate surface area is 210 Å². The lowest BCUT2D eigenvalue weighted by Gasteiger charge is -2.37. The molecule has 0 atom stereocenters. The molecule has 5 rings (SSSR count). The first-order valence-electron chi connectivity index (χ1n) is 11.8. The van der Waals surface area contributed by atoms with E-state index in [1.165, 1.54) is 22.9 Å². The van der Waals surface area contributed by atoms with E-state index in [4.69, 9.17) is 0 Å². The third-order valence-electron chi connectivity index (χ3n) is 6.52. The van der Waals surface area contributed by atoms with Crippen molar-refractivity contribution in [1.82, 2.24) is 19.5 Å². The number of benzene rings is 1. The van der Waals surface area contributed by atoms with Crippen molar-refractivity contribution >= 4 is 22.5 Å². The van der Waals surface area contributed by atoms with Crippen LogP contribution in [0.3, 0.4) is 0 Å². The predicted octanol–water partition coefficient (Wildman–Crippen LogP) is 4.34. The van der Waals surface area contributed by atoms with Crippen molar-refractivity contribution in [1.29, 1.82) is 0 Å². The summed E-state index contributed by atoms with van der Waals surface area (Å²) < 4.78 is 56.6. The van der Waals surface area contributed by atoms with Crippen LogP contribution in [-0.4, -0.2) is 45.7 Å². The van der Waals surface area contributed by atoms with Crippen molar-refractivity contribution < 1.29 is 17.6 Å². The zero-order valence-electron chi connectivity index (χ0n) is 20.3. The third-order valence-corrected chi connectivity index (χ3v) is 6.52. The highest BCUT2D eigenvalue weighted by atomic mass is 19.4. The van der Waals surface area contributed by atoms with E-state index in [1.54, 1.807) is 25.3 Å². The summed E-state index contributed by atoms with van der Waals surface area (Å²) in [7, 11) is 0. The molecule has 0 unspecified atom stereocenters. The Morgan fingerprint density at radius 3 is 2.41 bits per heavy atom. The third kappa shape index (κ3) is 4.73. The van der Waals surface area contributed by atoms with Gasteiger partial charge in [-0.05, 0) is 43.7 Å². The van der Waals surface area contributed by atoms with E-state index in [9.17, 15) is 22.4 Å². The molecule has 0 amide bonds. The fraction of sp³-hybridized carbons (Fsp3) is 0.308. The second kappa shape index (κ2) is 9.45. The highest BCUT2D eigenvalue weighted by molar-refractivity contribution is 5.75. The Kier molecular flexibility index (Phi) is 6.30. The highest BCUT2D eigenvalue weighted by Gasteiger charge is 2.34. The lowest BCUT2D eigenvalue weighted by molar-refractivity contribution is -0.138. The second-order valence-electron chi connectivity index (χ2n) is 9.02. The molecule has 1 saturated heterocycles. The summed E-state index contributed by atoms with van der Waals surface area (Å²) in [6.07, 6.45) is -1.81. The van der Waals surface area contributed by atoms with Gasteiger partial charge in [0.25, 0.3) is 5.56 Å². The number of alkyl halides is 3. The van der Waals surface area contributed by atoms with Crippen molar-refractivity contribution in [2.45, 2.75) is 26.6 Å². The molecule has 0 saturated carbocycles. The van der Waals surface area contributed by atoms with Gasteiger partial charge in [0.2, 0.25) is 0 Å². The van der Waals surface area contributed by atoms with Crippen LogP contribution >= 0.6 is 0 Å². The van der Waals surface area contributed by atoms with Gasteiger partial charge >= 0.3 is 6.18 Å². The van der Waals surface area contributed by atoms with Crippen molar-refractivity contribution in [3.8, 4) is 0 Å². The van der Waals surface area contributed by atoms with Gasteiger partial charge < -0.3 is 9.80 Å². The van der Waals surface area contributed by atoms with E-state index in [1.807, 2.05) is 22.8 Å². The summed E-state index contributed by atoms with van der Waals surface area (Å²) in [6, 6.07) is 8.71. The fourth-order valence-electron chi connectivity index (χ4n) is 4.74. The number of anilines is 2. The quantitative estimate of drug-likeness (QED) is 0.379. The number of para-hydroxylation sites is 1. The Hall–Kier alpha value is -4.02. The standard InChI is InChI=1S/C26H24F4N6O/c1-16-5-3-7-19(27)23(16)35-11-9-34(10-12-35)22-13-20-24(33-17(2)14-32-20)36(25(22)37)15-21-18(26(28,29)30)6-4-8-31-21/h3-8,13-14H,9-12,15H2,1-2H3.